The Labute approximate surface area is 151 Å². The van der Waals surface area contributed by atoms with Crippen molar-refractivity contribution in [3.05, 3.63) is 67.3 Å². The molecule has 2 heterocycles. The van der Waals surface area contributed by atoms with Crippen LogP contribution in [0.2, 0.25) is 0 Å². The summed E-state index contributed by atoms with van der Waals surface area (Å²) in [6.07, 6.45) is 5.77. The van der Waals surface area contributed by atoms with Crippen LogP contribution >= 0.6 is 0 Å². The number of amides is 1. The van der Waals surface area contributed by atoms with Crippen molar-refractivity contribution in [2.75, 3.05) is 6.54 Å². The van der Waals surface area contributed by atoms with E-state index in [4.69, 9.17) is 4.52 Å². The van der Waals surface area contributed by atoms with E-state index in [-0.39, 0.29) is 18.5 Å². The lowest BCUT2D eigenvalue weighted by Crippen LogP contribution is -2.37. The van der Waals surface area contributed by atoms with Crippen LogP contribution in [0.5, 0.6) is 0 Å². The molecule has 1 aromatic carbocycles. The molecule has 3 rings (SSSR count). The minimum Gasteiger partial charge on any atom is -0.337 e. The topological polar surface area (TPSA) is 77.0 Å². The molecular weight excluding hydrogens is 330 g/mol. The van der Waals surface area contributed by atoms with Crippen LogP contribution < -0.4 is 0 Å². The third-order valence-corrected chi connectivity index (χ3v) is 4.00. The maximum Gasteiger partial charge on any atom is 0.248 e. The fraction of sp³-hybridized carbons (Fsp3) is 0.263. The van der Waals surface area contributed by atoms with Gasteiger partial charge >= 0.3 is 0 Å². The molecule has 2 aromatic heterocycles. The summed E-state index contributed by atoms with van der Waals surface area (Å²) in [5.74, 6) is 0.829. The quantitative estimate of drug-likeness (QED) is 0.583. The predicted molar refractivity (Wildman–Crippen MR) is 96.9 cm³/mol. The normalized spacial score (nSPS) is 11.9. The van der Waals surface area contributed by atoms with Gasteiger partial charge < -0.3 is 9.42 Å². The highest BCUT2D eigenvalue weighted by molar-refractivity contribution is 5.80. The highest BCUT2D eigenvalue weighted by Gasteiger charge is 2.25. The number of carbonyl (C=O) groups excluding carboxylic acids is 1. The predicted octanol–water partition coefficient (Wildman–Crippen LogP) is 3.10. The number of rotatable bonds is 8. The third-order valence-electron chi connectivity index (χ3n) is 4.00. The van der Waals surface area contributed by atoms with Gasteiger partial charge in [0.1, 0.15) is 12.6 Å². The molecule has 0 aliphatic rings. The van der Waals surface area contributed by atoms with Gasteiger partial charge in [-0.1, -0.05) is 48.5 Å². The van der Waals surface area contributed by atoms with Gasteiger partial charge in [-0.15, -0.1) is 6.58 Å². The second-order valence-corrected chi connectivity index (χ2v) is 5.80. The van der Waals surface area contributed by atoms with Crippen LogP contribution in [-0.4, -0.2) is 37.3 Å². The standard InChI is InChI=1S/C19H21N5O2/c1-3-12-23(19(25)16(4-2)24-13-8-11-20-24)14-17-21-18(22-26-17)15-9-6-5-7-10-15/h3,5-11,13,16H,1,4,12,14H2,2H3/t16-/m1/s1. The fourth-order valence-corrected chi connectivity index (χ4v) is 2.73. The van der Waals surface area contributed by atoms with E-state index in [1.165, 1.54) is 0 Å². The molecule has 1 amide bonds. The number of aromatic nitrogens is 4. The molecule has 0 N–H and O–H groups in total. The highest BCUT2D eigenvalue weighted by atomic mass is 16.5. The molecular formula is C19H21N5O2. The van der Waals surface area contributed by atoms with Gasteiger partial charge in [0.2, 0.25) is 17.6 Å². The second kappa shape index (κ2) is 8.24. The zero-order valence-corrected chi connectivity index (χ0v) is 14.7. The molecule has 7 nitrogen and oxygen atoms in total. The number of benzene rings is 1. The lowest BCUT2D eigenvalue weighted by Gasteiger charge is -2.24. The minimum absolute atomic E-state index is 0.0597. The fourth-order valence-electron chi connectivity index (χ4n) is 2.73. The van der Waals surface area contributed by atoms with Gasteiger partial charge in [-0.25, -0.2) is 0 Å². The van der Waals surface area contributed by atoms with Gasteiger partial charge in [0.15, 0.2) is 0 Å². The molecule has 134 valence electrons. The van der Waals surface area contributed by atoms with Crippen molar-refractivity contribution in [2.45, 2.75) is 25.9 Å². The van der Waals surface area contributed by atoms with E-state index in [1.807, 2.05) is 37.3 Å². The molecule has 0 saturated heterocycles. The average molecular weight is 351 g/mol. The van der Waals surface area contributed by atoms with E-state index in [1.54, 1.807) is 34.1 Å². The molecule has 0 aliphatic heterocycles. The summed E-state index contributed by atoms with van der Waals surface area (Å²) in [6, 6.07) is 11.0. The molecule has 0 saturated carbocycles. The SMILES string of the molecule is C=CCN(Cc1nc(-c2ccccc2)no1)C(=O)[C@@H](CC)n1cccn1. The molecule has 3 aromatic rings. The summed E-state index contributed by atoms with van der Waals surface area (Å²) in [4.78, 5) is 19.0. The van der Waals surface area contributed by atoms with Crippen LogP contribution in [0, 0.1) is 0 Å². The van der Waals surface area contributed by atoms with Gasteiger partial charge in [0, 0.05) is 24.5 Å². The van der Waals surface area contributed by atoms with Gasteiger partial charge in [0.05, 0.1) is 0 Å². The van der Waals surface area contributed by atoms with Gasteiger partial charge in [-0.2, -0.15) is 10.1 Å². The number of hydrogen-bond acceptors (Lipinski definition) is 5. The summed E-state index contributed by atoms with van der Waals surface area (Å²) in [7, 11) is 0. The number of carbonyl (C=O) groups is 1. The lowest BCUT2D eigenvalue weighted by atomic mass is 10.2. The van der Waals surface area contributed by atoms with E-state index in [0.717, 1.165) is 5.56 Å². The van der Waals surface area contributed by atoms with Crippen LogP contribution in [-0.2, 0) is 11.3 Å². The molecule has 0 fully saturated rings. The first-order valence-corrected chi connectivity index (χ1v) is 8.49. The van der Waals surface area contributed by atoms with E-state index in [0.29, 0.717) is 24.7 Å². The molecule has 0 spiro atoms. The third kappa shape index (κ3) is 3.88. The van der Waals surface area contributed by atoms with Crippen LogP contribution in [0.4, 0.5) is 0 Å². The molecule has 0 radical (unpaired) electrons. The van der Waals surface area contributed by atoms with E-state index < -0.39 is 0 Å². The maximum absolute atomic E-state index is 13.0. The van der Waals surface area contributed by atoms with Crippen molar-refractivity contribution in [3.8, 4) is 11.4 Å². The molecule has 0 bridgehead atoms. The first-order chi connectivity index (χ1) is 12.7. The second-order valence-electron chi connectivity index (χ2n) is 5.80. The van der Waals surface area contributed by atoms with E-state index >= 15 is 0 Å². The first kappa shape index (κ1) is 17.6. The van der Waals surface area contributed by atoms with Crippen LogP contribution in [0.25, 0.3) is 11.4 Å². The summed E-state index contributed by atoms with van der Waals surface area (Å²) in [5, 5.41) is 8.20. The number of hydrogen-bond donors (Lipinski definition) is 0. The van der Waals surface area contributed by atoms with Crippen molar-refractivity contribution in [1.29, 1.82) is 0 Å². The average Bonchev–Trinajstić information content (AvgIpc) is 3.35. The van der Waals surface area contributed by atoms with Crippen molar-refractivity contribution >= 4 is 5.91 Å². The Morgan fingerprint density at radius 3 is 2.81 bits per heavy atom. The highest BCUT2D eigenvalue weighted by Crippen LogP contribution is 2.18. The lowest BCUT2D eigenvalue weighted by molar-refractivity contribution is -0.135. The van der Waals surface area contributed by atoms with Gasteiger partial charge in [-0.3, -0.25) is 9.48 Å². The van der Waals surface area contributed by atoms with Crippen molar-refractivity contribution < 1.29 is 9.32 Å². The largest absolute Gasteiger partial charge is 0.337 e. The molecule has 0 unspecified atom stereocenters. The Hall–Kier alpha value is -3.22. The minimum atomic E-state index is -0.374. The van der Waals surface area contributed by atoms with Crippen molar-refractivity contribution in [3.63, 3.8) is 0 Å². The monoisotopic (exact) mass is 351 g/mol. The first-order valence-electron chi connectivity index (χ1n) is 8.49. The molecule has 0 aliphatic carbocycles. The zero-order valence-electron chi connectivity index (χ0n) is 14.7. The van der Waals surface area contributed by atoms with E-state index in [2.05, 4.69) is 21.8 Å². The smallest absolute Gasteiger partial charge is 0.248 e. The maximum atomic E-state index is 13.0. The van der Waals surface area contributed by atoms with Gasteiger partial charge in [-0.05, 0) is 12.5 Å². The summed E-state index contributed by atoms with van der Waals surface area (Å²) < 4.78 is 7.01. The van der Waals surface area contributed by atoms with E-state index in [9.17, 15) is 4.79 Å². The molecule has 7 heteroatoms. The Morgan fingerprint density at radius 1 is 1.35 bits per heavy atom. The Balaban J connectivity index is 1.77. The van der Waals surface area contributed by atoms with Crippen molar-refractivity contribution in [1.82, 2.24) is 24.8 Å². The van der Waals surface area contributed by atoms with Crippen molar-refractivity contribution in [2.24, 2.45) is 0 Å². The Bertz CT molecular complexity index is 842. The van der Waals surface area contributed by atoms with Crippen LogP contribution in [0.15, 0.2) is 66.0 Å². The molecule has 26 heavy (non-hydrogen) atoms. The molecule has 1 atom stereocenters. The Kier molecular flexibility index (Phi) is 5.58. The zero-order chi connectivity index (χ0) is 18.4. The summed E-state index contributed by atoms with van der Waals surface area (Å²) in [6.45, 7) is 6.31. The van der Waals surface area contributed by atoms with Gasteiger partial charge in [0.25, 0.3) is 0 Å². The summed E-state index contributed by atoms with van der Waals surface area (Å²) in [5.41, 5.74) is 0.868. The Morgan fingerprint density at radius 2 is 2.15 bits per heavy atom. The van der Waals surface area contributed by atoms with Crippen LogP contribution in [0.1, 0.15) is 25.3 Å². The van der Waals surface area contributed by atoms with Crippen LogP contribution in [0.3, 0.4) is 0 Å². The number of nitrogens with zero attached hydrogens (tertiary/aromatic N) is 5. The summed E-state index contributed by atoms with van der Waals surface area (Å²) >= 11 is 0.